The number of anilines is 2. The molecule has 1 heterocycles. The molecule has 1 N–H and O–H groups in total. The fourth-order valence-electron chi connectivity index (χ4n) is 3.46. The first-order valence-electron chi connectivity index (χ1n) is 9.66. The molecule has 6 nitrogen and oxygen atoms in total. The maximum Gasteiger partial charge on any atom is 0.294 e. The quantitative estimate of drug-likeness (QED) is 0.576. The summed E-state index contributed by atoms with van der Waals surface area (Å²) in [5, 5.41) is 2.39. The number of benzene rings is 2. The Balaban J connectivity index is 1.74. The number of halogens is 1. The first-order chi connectivity index (χ1) is 14.6. The van der Waals surface area contributed by atoms with E-state index >= 15 is 0 Å². The van der Waals surface area contributed by atoms with Gasteiger partial charge in [-0.25, -0.2) is 0 Å². The number of aryl methyl sites for hydroxylation is 3. The summed E-state index contributed by atoms with van der Waals surface area (Å²) in [7, 11) is 3.88. The van der Waals surface area contributed by atoms with Crippen LogP contribution < -0.4 is 10.2 Å². The molecule has 1 fully saturated rings. The fourth-order valence-corrected chi connectivity index (χ4v) is 5.05. The molecule has 8 heteroatoms. The second kappa shape index (κ2) is 9.28. The van der Waals surface area contributed by atoms with Gasteiger partial charge in [0.25, 0.3) is 11.1 Å². The molecule has 0 atom stereocenters. The van der Waals surface area contributed by atoms with E-state index in [1.54, 1.807) is 6.08 Å². The minimum atomic E-state index is -0.463. The highest BCUT2D eigenvalue weighted by molar-refractivity contribution is 9.10. The highest BCUT2D eigenvalue weighted by atomic mass is 79.9. The number of rotatable bonds is 5. The van der Waals surface area contributed by atoms with Crippen LogP contribution in [0.1, 0.15) is 22.3 Å². The maximum absolute atomic E-state index is 12.8. The summed E-state index contributed by atoms with van der Waals surface area (Å²) < 4.78 is 0.883. The highest BCUT2D eigenvalue weighted by Crippen LogP contribution is 2.34. The normalized spacial score (nSPS) is 15.0. The van der Waals surface area contributed by atoms with Crippen LogP contribution in [-0.4, -0.2) is 42.6 Å². The molecule has 0 radical (unpaired) electrons. The predicted octanol–water partition coefficient (Wildman–Crippen LogP) is 5.12. The summed E-state index contributed by atoms with van der Waals surface area (Å²) in [6.07, 6.45) is 1.67. The number of hydrogen-bond acceptors (Lipinski definition) is 5. The largest absolute Gasteiger partial charge is 0.377 e. The second-order valence-electron chi connectivity index (χ2n) is 7.70. The molecular formula is C23H24BrN3O3S. The van der Waals surface area contributed by atoms with Gasteiger partial charge >= 0.3 is 0 Å². The third kappa shape index (κ3) is 5.19. The van der Waals surface area contributed by atoms with E-state index in [4.69, 9.17) is 0 Å². The van der Waals surface area contributed by atoms with Crippen LogP contribution in [-0.2, 0) is 9.59 Å². The van der Waals surface area contributed by atoms with Crippen LogP contribution in [0.15, 0.2) is 39.7 Å². The maximum atomic E-state index is 12.8. The van der Waals surface area contributed by atoms with E-state index < -0.39 is 17.1 Å². The van der Waals surface area contributed by atoms with Gasteiger partial charge in [0.15, 0.2) is 0 Å². The molecule has 2 aromatic carbocycles. The molecule has 0 aliphatic carbocycles. The van der Waals surface area contributed by atoms with Crippen LogP contribution in [0.5, 0.6) is 0 Å². The third-order valence-corrected chi connectivity index (χ3v) is 6.41. The lowest BCUT2D eigenvalue weighted by molar-refractivity contribution is -0.127. The van der Waals surface area contributed by atoms with Crippen molar-refractivity contribution in [3.05, 3.63) is 62.0 Å². The van der Waals surface area contributed by atoms with Gasteiger partial charge in [0, 0.05) is 24.3 Å². The predicted molar refractivity (Wildman–Crippen MR) is 130 cm³/mol. The average molecular weight is 502 g/mol. The van der Waals surface area contributed by atoms with E-state index in [-0.39, 0.29) is 6.54 Å². The van der Waals surface area contributed by atoms with Crippen molar-refractivity contribution >= 4 is 62.2 Å². The number of thioether (sulfide) groups is 1. The van der Waals surface area contributed by atoms with E-state index in [0.717, 1.165) is 49.1 Å². The molecule has 162 valence electrons. The molecule has 0 unspecified atom stereocenters. The van der Waals surface area contributed by atoms with Crippen molar-refractivity contribution in [1.29, 1.82) is 0 Å². The van der Waals surface area contributed by atoms with Crippen LogP contribution in [0.4, 0.5) is 16.2 Å². The van der Waals surface area contributed by atoms with Crippen molar-refractivity contribution in [3.63, 3.8) is 0 Å². The van der Waals surface area contributed by atoms with Crippen molar-refractivity contribution in [3.8, 4) is 0 Å². The number of carbonyl (C=O) groups is 3. The van der Waals surface area contributed by atoms with Gasteiger partial charge < -0.3 is 10.2 Å². The number of nitrogens with zero attached hydrogens (tertiary/aromatic N) is 2. The number of nitrogens with one attached hydrogen (secondary N) is 1. The van der Waals surface area contributed by atoms with Crippen molar-refractivity contribution in [2.75, 3.05) is 30.9 Å². The van der Waals surface area contributed by atoms with Gasteiger partial charge in [0.1, 0.15) is 6.54 Å². The zero-order valence-electron chi connectivity index (χ0n) is 18.1. The molecule has 1 aliphatic heterocycles. The Bertz CT molecular complexity index is 1090. The van der Waals surface area contributed by atoms with Crippen molar-refractivity contribution < 1.29 is 14.4 Å². The molecule has 3 amide bonds. The Kier molecular flexibility index (Phi) is 6.91. The van der Waals surface area contributed by atoms with Gasteiger partial charge in [0.2, 0.25) is 5.91 Å². The van der Waals surface area contributed by atoms with Crippen LogP contribution in [0, 0.1) is 20.8 Å². The molecule has 0 saturated carbocycles. The first kappa shape index (κ1) is 23.1. The number of hydrogen-bond donors (Lipinski definition) is 1. The molecule has 0 aromatic heterocycles. The summed E-state index contributed by atoms with van der Waals surface area (Å²) in [5.74, 6) is -0.869. The fraction of sp³-hybridized carbons (Fsp3) is 0.261. The summed E-state index contributed by atoms with van der Waals surface area (Å²) >= 11 is 4.37. The Morgan fingerprint density at radius 3 is 2.35 bits per heavy atom. The zero-order chi connectivity index (χ0) is 22.9. The lowest BCUT2D eigenvalue weighted by Gasteiger charge is -2.16. The van der Waals surface area contributed by atoms with Crippen molar-refractivity contribution in [1.82, 2.24) is 4.90 Å². The van der Waals surface area contributed by atoms with Gasteiger partial charge in [-0.05, 0) is 83.4 Å². The van der Waals surface area contributed by atoms with Crippen LogP contribution in [0.3, 0.4) is 0 Å². The van der Waals surface area contributed by atoms with E-state index in [9.17, 15) is 14.4 Å². The molecule has 0 bridgehead atoms. The van der Waals surface area contributed by atoms with Gasteiger partial charge in [-0.1, -0.05) is 23.8 Å². The Hall–Kier alpha value is -2.58. The number of imide groups is 1. The van der Waals surface area contributed by atoms with Gasteiger partial charge in [0.05, 0.1) is 10.6 Å². The summed E-state index contributed by atoms with van der Waals surface area (Å²) in [4.78, 5) is 41.0. The Morgan fingerprint density at radius 2 is 1.77 bits per heavy atom. The first-order valence-corrected chi connectivity index (χ1v) is 11.3. The SMILES string of the molecule is Cc1cc(C)c(NC(=O)CN2C(=O)S/C(=C\c3ccc(N(C)C)c(Br)c3)C2=O)c(C)c1. The molecule has 0 spiro atoms. The van der Waals surface area contributed by atoms with E-state index in [1.165, 1.54) is 0 Å². The summed E-state index contributed by atoms with van der Waals surface area (Å²) in [6, 6.07) is 9.65. The van der Waals surface area contributed by atoms with Crippen LogP contribution >= 0.6 is 27.7 Å². The smallest absolute Gasteiger partial charge is 0.294 e. The Morgan fingerprint density at radius 1 is 1.13 bits per heavy atom. The highest BCUT2D eigenvalue weighted by Gasteiger charge is 2.36. The minimum Gasteiger partial charge on any atom is -0.377 e. The number of carbonyl (C=O) groups excluding carboxylic acids is 3. The van der Waals surface area contributed by atoms with Gasteiger partial charge in [-0.2, -0.15) is 0 Å². The molecule has 2 aromatic rings. The van der Waals surface area contributed by atoms with Crippen molar-refractivity contribution in [2.24, 2.45) is 0 Å². The monoisotopic (exact) mass is 501 g/mol. The van der Waals surface area contributed by atoms with Gasteiger partial charge in [-0.15, -0.1) is 0 Å². The van der Waals surface area contributed by atoms with Crippen LogP contribution in [0.25, 0.3) is 6.08 Å². The lowest BCUT2D eigenvalue weighted by atomic mass is 10.1. The lowest BCUT2D eigenvalue weighted by Crippen LogP contribution is -2.36. The van der Waals surface area contributed by atoms with Crippen molar-refractivity contribution in [2.45, 2.75) is 20.8 Å². The van der Waals surface area contributed by atoms with E-state index in [2.05, 4.69) is 21.2 Å². The zero-order valence-corrected chi connectivity index (χ0v) is 20.5. The molecular weight excluding hydrogens is 478 g/mol. The molecule has 31 heavy (non-hydrogen) atoms. The van der Waals surface area contributed by atoms with E-state index in [1.807, 2.05) is 70.1 Å². The Labute approximate surface area is 194 Å². The van der Waals surface area contributed by atoms with Crippen LogP contribution in [0.2, 0.25) is 0 Å². The molecule has 3 rings (SSSR count). The summed E-state index contributed by atoms with van der Waals surface area (Å²) in [6.45, 7) is 5.50. The summed E-state index contributed by atoms with van der Waals surface area (Å²) in [5.41, 5.74) is 5.48. The topological polar surface area (TPSA) is 69.7 Å². The minimum absolute atomic E-state index is 0.296. The second-order valence-corrected chi connectivity index (χ2v) is 9.54. The molecule has 1 saturated heterocycles. The van der Waals surface area contributed by atoms with E-state index in [0.29, 0.717) is 10.6 Å². The van der Waals surface area contributed by atoms with Gasteiger partial charge in [-0.3, -0.25) is 19.3 Å². The third-order valence-electron chi connectivity index (χ3n) is 4.87. The number of amides is 3. The standard InChI is InChI=1S/C23H24BrN3O3S/c1-13-8-14(2)21(15(3)9-13)25-20(28)12-27-22(29)19(31-23(27)30)11-16-6-7-18(26(4)5)17(24)10-16/h6-11H,12H2,1-5H3,(H,25,28)/b19-11-. The average Bonchev–Trinajstić information content (AvgIpc) is 2.92. The molecule has 1 aliphatic rings.